The van der Waals surface area contributed by atoms with Crippen molar-refractivity contribution in [1.82, 2.24) is 10.2 Å². The van der Waals surface area contributed by atoms with Crippen LogP contribution in [-0.4, -0.2) is 48.6 Å². The molecule has 1 aliphatic rings. The van der Waals surface area contributed by atoms with Crippen LogP contribution in [0.15, 0.2) is 0 Å². The maximum absolute atomic E-state index is 3.58. The highest BCUT2D eigenvalue weighted by atomic mass is 32.2. The fourth-order valence-electron chi connectivity index (χ4n) is 2.70. The lowest BCUT2D eigenvalue weighted by molar-refractivity contribution is 0.123. The second kappa shape index (κ2) is 7.57. The minimum atomic E-state index is 0.752. The molecule has 1 N–H and O–H groups in total. The van der Waals surface area contributed by atoms with Crippen LogP contribution >= 0.6 is 11.8 Å². The van der Waals surface area contributed by atoms with Crippen molar-refractivity contribution in [3.63, 3.8) is 0 Å². The van der Waals surface area contributed by atoms with Crippen molar-refractivity contribution in [1.29, 1.82) is 0 Å². The first-order valence-electron chi connectivity index (χ1n) is 6.63. The average Bonchev–Trinajstić information content (AvgIpc) is 2.23. The van der Waals surface area contributed by atoms with Gasteiger partial charge in [-0.1, -0.05) is 13.8 Å². The molecule has 1 rings (SSSR count). The highest BCUT2D eigenvalue weighted by molar-refractivity contribution is 7.98. The molecule has 0 aromatic rings. The number of piperidine rings is 1. The van der Waals surface area contributed by atoms with Gasteiger partial charge in [0.25, 0.3) is 0 Å². The normalized spacial score (nSPS) is 29.2. The first-order chi connectivity index (χ1) is 7.67. The Kier molecular flexibility index (Phi) is 6.78. The second-order valence-electron chi connectivity index (χ2n) is 5.18. The largest absolute Gasteiger partial charge is 0.314 e. The summed E-state index contributed by atoms with van der Waals surface area (Å²) in [6, 6.07) is 1.51. The molecule has 96 valence electrons. The zero-order valence-corrected chi connectivity index (χ0v) is 12.1. The molecular formula is C13H28N2S. The molecule has 2 nitrogen and oxygen atoms in total. The van der Waals surface area contributed by atoms with Crippen LogP contribution in [0.2, 0.25) is 0 Å². The molecule has 1 saturated heterocycles. The third kappa shape index (κ3) is 4.64. The summed E-state index contributed by atoms with van der Waals surface area (Å²) < 4.78 is 0. The number of hydrogen-bond acceptors (Lipinski definition) is 3. The van der Waals surface area contributed by atoms with E-state index in [1.165, 1.54) is 31.7 Å². The van der Waals surface area contributed by atoms with Gasteiger partial charge in [0.05, 0.1) is 0 Å². The SMILES string of the molecule is CCNC1CCN(CC(C)CSC)C(C)C1. The van der Waals surface area contributed by atoms with Crippen LogP contribution in [0.5, 0.6) is 0 Å². The van der Waals surface area contributed by atoms with E-state index in [0.717, 1.165) is 24.5 Å². The van der Waals surface area contributed by atoms with Crippen LogP contribution in [0.25, 0.3) is 0 Å². The van der Waals surface area contributed by atoms with Gasteiger partial charge >= 0.3 is 0 Å². The zero-order valence-electron chi connectivity index (χ0n) is 11.3. The Labute approximate surface area is 106 Å². The highest BCUT2D eigenvalue weighted by Crippen LogP contribution is 2.19. The average molecular weight is 244 g/mol. The maximum atomic E-state index is 3.58. The molecule has 0 saturated carbocycles. The molecule has 16 heavy (non-hydrogen) atoms. The van der Waals surface area contributed by atoms with Crippen LogP contribution in [-0.2, 0) is 0 Å². The number of nitrogens with one attached hydrogen (secondary N) is 1. The van der Waals surface area contributed by atoms with Gasteiger partial charge in [-0.25, -0.2) is 0 Å². The van der Waals surface area contributed by atoms with Crippen molar-refractivity contribution in [2.45, 2.75) is 45.7 Å². The summed E-state index contributed by atoms with van der Waals surface area (Å²) in [4.78, 5) is 2.68. The molecule has 1 fully saturated rings. The molecule has 3 atom stereocenters. The molecule has 0 amide bonds. The van der Waals surface area contributed by atoms with E-state index in [9.17, 15) is 0 Å². The van der Waals surface area contributed by atoms with E-state index in [-0.39, 0.29) is 0 Å². The van der Waals surface area contributed by atoms with Gasteiger partial charge in [0.2, 0.25) is 0 Å². The number of hydrogen-bond donors (Lipinski definition) is 1. The summed E-state index contributed by atoms with van der Waals surface area (Å²) in [7, 11) is 0. The zero-order chi connectivity index (χ0) is 12.0. The van der Waals surface area contributed by atoms with Crippen LogP contribution in [0.1, 0.15) is 33.6 Å². The Morgan fingerprint density at radius 1 is 1.50 bits per heavy atom. The van der Waals surface area contributed by atoms with Gasteiger partial charge in [-0.15, -0.1) is 0 Å². The van der Waals surface area contributed by atoms with Gasteiger partial charge in [-0.3, -0.25) is 0 Å². The minimum absolute atomic E-state index is 0.752. The van der Waals surface area contributed by atoms with E-state index in [1.54, 1.807) is 0 Å². The van der Waals surface area contributed by atoms with Gasteiger partial charge < -0.3 is 10.2 Å². The second-order valence-corrected chi connectivity index (χ2v) is 6.09. The Morgan fingerprint density at radius 3 is 2.81 bits per heavy atom. The number of nitrogens with zero attached hydrogens (tertiary/aromatic N) is 1. The summed E-state index contributed by atoms with van der Waals surface area (Å²) in [5, 5.41) is 3.58. The number of likely N-dealkylation sites (tertiary alicyclic amines) is 1. The topological polar surface area (TPSA) is 15.3 Å². The molecule has 3 unspecified atom stereocenters. The minimum Gasteiger partial charge on any atom is -0.314 e. The molecule has 0 aromatic heterocycles. The standard InChI is InChI=1S/C13H28N2S/c1-5-14-13-6-7-15(12(3)8-13)9-11(2)10-16-4/h11-14H,5-10H2,1-4H3. The van der Waals surface area contributed by atoms with Gasteiger partial charge in [0, 0.05) is 18.6 Å². The predicted octanol–water partition coefficient (Wildman–Crippen LogP) is 2.45. The van der Waals surface area contributed by atoms with Crippen molar-refractivity contribution in [2.24, 2.45) is 5.92 Å². The summed E-state index contributed by atoms with van der Waals surface area (Å²) >= 11 is 1.97. The lowest BCUT2D eigenvalue weighted by Gasteiger charge is -2.39. The highest BCUT2D eigenvalue weighted by Gasteiger charge is 2.25. The molecule has 0 bridgehead atoms. The van der Waals surface area contributed by atoms with Crippen molar-refractivity contribution in [3.05, 3.63) is 0 Å². The van der Waals surface area contributed by atoms with E-state index < -0.39 is 0 Å². The Balaban J connectivity index is 2.29. The monoisotopic (exact) mass is 244 g/mol. The summed E-state index contributed by atoms with van der Waals surface area (Å²) in [5.41, 5.74) is 0. The van der Waals surface area contributed by atoms with Crippen molar-refractivity contribution in [2.75, 3.05) is 31.6 Å². The molecule has 0 aliphatic carbocycles. The van der Waals surface area contributed by atoms with Gasteiger partial charge in [-0.2, -0.15) is 11.8 Å². The fourth-order valence-corrected chi connectivity index (χ4v) is 3.38. The van der Waals surface area contributed by atoms with E-state index in [0.29, 0.717) is 0 Å². The molecule has 0 radical (unpaired) electrons. The Hall–Kier alpha value is 0.270. The lowest BCUT2D eigenvalue weighted by Crippen LogP contribution is -2.48. The van der Waals surface area contributed by atoms with Gasteiger partial charge in [-0.05, 0) is 50.8 Å². The Morgan fingerprint density at radius 2 is 2.25 bits per heavy atom. The maximum Gasteiger partial charge on any atom is 0.00939 e. The van der Waals surface area contributed by atoms with E-state index in [2.05, 4.69) is 37.2 Å². The van der Waals surface area contributed by atoms with Crippen LogP contribution in [0.4, 0.5) is 0 Å². The quantitative estimate of drug-likeness (QED) is 0.772. The van der Waals surface area contributed by atoms with Crippen molar-refractivity contribution in [3.8, 4) is 0 Å². The first-order valence-corrected chi connectivity index (χ1v) is 8.03. The first kappa shape index (κ1) is 14.3. The molecule has 0 aromatic carbocycles. The predicted molar refractivity (Wildman–Crippen MR) is 75.3 cm³/mol. The Bertz CT molecular complexity index is 187. The number of rotatable bonds is 6. The van der Waals surface area contributed by atoms with E-state index in [1.807, 2.05) is 11.8 Å². The van der Waals surface area contributed by atoms with Crippen LogP contribution < -0.4 is 5.32 Å². The molecular weight excluding hydrogens is 216 g/mol. The molecule has 3 heteroatoms. The van der Waals surface area contributed by atoms with Crippen molar-refractivity contribution < 1.29 is 0 Å². The third-order valence-electron chi connectivity index (χ3n) is 3.50. The summed E-state index contributed by atoms with van der Waals surface area (Å²) in [5.74, 6) is 2.12. The summed E-state index contributed by atoms with van der Waals surface area (Å²) in [6.07, 6.45) is 4.85. The van der Waals surface area contributed by atoms with Gasteiger partial charge in [0.15, 0.2) is 0 Å². The molecule has 0 spiro atoms. The molecule has 1 aliphatic heterocycles. The third-order valence-corrected chi connectivity index (χ3v) is 4.41. The van der Waals surface area contributed by atoms with Crippen molar-refractivity contribution >= 4 is 11.8 Å². The summed E-state index contributed by atoms with van der Waals surface area (Å²) in [6.45, 7) is 10.6. The van der Waals surface area contributed by atoms with Gasteiger partial charge in [0.1, 0.15) is 0 Å². The van der Waals surface area contributed by atoms with E-state index in [4.69, 9.17) is 0 Å². The fraction of sp³-hybridized carbons (Fsp3) is 1.00. The van der Waals surface area contributed by atoms with Crippen LogP contribution in [0.3, 0.4) is 0 Å². The number of thioether (sulfide) groups is 1. The molecule has 1 heterocycles. The van der Waals surface area contributed by atoms with Crippen LogP contribution in [0, 0.1) is 5.92 Å². The van der Waals surface area contributed by atoms with E-state index >= 15 is 0 Å². The lowest BCUT2D eigenvalue weighted by atomic mass is 9.97. The smallest absolute Gasteiger partial charge is 0.00939 e.